The molecule has 0 spiro atoms. The van der Waals surface area contributed by atoms with Crippen LogP contribution in [-0.4, -0.2) is 86.2 Å². The number of hydrogen-bond donors (Lipinski definition) is 2. The summed E-state index contributed by atoms with van der Waals surface area (Å²) in [6.45, 7) is 0.125. The van der Waals surface area contributed by atoms with Gasteiger partial charge in [0, 0.05) is 30.0 Å². The molecule has 4 rings (SSSR count). The summed E-state index contributed by atoms with van der Waals surface area (Å²) in [4.78, 5) is 31.0. The molecule has 2 unspecified atom stereocenters. The minimum absolute atomic E-state index is 0.0282. The lowest BCUT2D eigenvalue weighted by Gasteiger charge is -2.28. The maximum Gasteiger partial charge on any atom is 0.338 e. The Hall–Kier alpha value is -3.51. The van der Waals surface area contributed by atoms with Crippen LogP contribution in [0.2, 0.25) is 0 Å². The first-order chi connectivity index (χ1) is 19.6. The molecule has 0 aliphatic heterocycles. The molecule has 0 radical (unpaired) electrons. The summed E-state index contributed by atoms with van der Waals surface area (Å²) in [6, 6.07) is 20.7. The van der Waals surface area contributed by atoms with Gasteiger partial charge in [-0.3, -0.25) is 9.78 Å². The van der Waals surface area contributed by atoms with Crippen molar-refractivity contribution in [3.8, 4) is 0 Å². The molecule has 1 heterocycles. The highest BCUT2D eigenvalue weighted by atomic mass is 16.5. The van der Waals surface area contributed by atoms with Crippen molar-refractivity contribution < 1.29 is 14.3 Å². The fourth-order valence-corrected chi connectivity index (χ4v) is 5.00. The van der Waals surface area contributed by atoms with E-state index in [9.17, 15) is 9.59 Å². The molecule has 2 atom stereocenters. The van der Waals surface area contributed by atoms with E-state index in [1.54, 1.807) is 12.4 Å². The lowest BCUT2D eigenvalue weighted by molar-refractivity contribution is -0.118. The molecule has 1 aromatic heterocycles. The van der Waals surface area contributed by atoms with E-state index in [0.717, 1.165) is 27.5 Å². The largest absolute Gasteiger partial charge is 0.464 e. The van der Waals surface area contributed by atoms with Gasteiger partial charge in [0.1, 0.15) is 7.85 Å². The van der Waals surface area contributed by atoms with Gasteiger partial charge in [-0.25, -0.2) is 4.79 Å². The maximum absolute atomic E-state index is 13.4. The highest BCUT2D eigenvalue weighted by Crippen LogP contribution is 2.28. The average Bonchev–Trinajstić information content (AvgIpc) is 2.95. The molecule has 0 saturated carbocycles. The van der Waals surface area contributed by atoms with Crippen LogP contribution in [0.5, 0.6) is 0 Å². The van der Waals surface area contributed by atoms with E-state index in [1.165, 1.54) is 5.56 Å². The van der Waals surface area contributed by atoms with Gasteiger partial charge in [-0.15, -0.1) is 0 Å². The highest BCUT2D eigenvalue weighted by Gasteiger charge is 2.34. The van der Waals surface area contributed by atoms with Crippen LogP contribution < -0.4 is 11.1 Å². The van der Waals surface area contributed by atoms with E-state index < -0.39 is 11.3 Å². The molecule has 204 valence electrons. The van der Waals surface area contributed by atoms with Gasteiger partial charge in [0.2, 0.25) is 5.91 Å². The number of esters is 1. The number of nitrogens with zero attached hydrogens (tertiary/aromatic N) is 1. The van der Waals surface area contributed by atoms with Crippen molar-refractivity contribution in [1.82, 2.24) is 4.98 Å². The average molecular weight is 548 g/mol. The second-order valence-electron chi connectivity index (χ2n) is 13.4. The van der Waals surface area contributed by atoms with Gasteiger partial charge in [-0.2, -0.15) is 0 Å². The van der Waals surface area contributed by atoms with Gasteiger partial charge < -0.3 is 15.8 Å². The van der Waals surface area contributed by atoms with Gasteiger partial charge >= 0.3 is 5.97 Å². The minimum Gasteiger partial charge on any atom is -0.464 e. The van der Waals surface area contributed by atoms with Crippen molar-refractivity contribution in [1.29, 1.82) is 0 Å². The molecular formula is C28H35B8N3O3. The Morgan fingerprint density at radius 2 is 1.50 bits per heavy atom. The Bertz CT molecular complexity index is 1620. The third-order valence-electron chi connectivity index (χ3n) is 8.02. The van der Waals surface area contributed by atoms with E-state index in [1.807, 2.05) is 76.4 Å². The smallest absolute Gasteiger partial charge is 0.338 e. The van der Waals surface area contributed by atoms with Gasteiger partial charge in [-0.1, -0.05) is 63.8 Å². The van der Waals surface area contributed by atoms with Crippen LogP contribution in [0.15, 0.2) is 79.1 Å². The molecular weight excluding hydrogens is 513 g/mol. The van der Waals surface area contributed by atoms with Crippen LogP contribution >= 0.6 is 0 Å². The molecule has 0 aliphatic carbocycles. The highest BCUT2D eigenvalue weighted by molar-refractivity contribution is 6.60. The van der Waals surface area contributed by atoms with E-state index in [0.29, 0.717) is 11.3 Å². The number of carbonyl (C=O) groups is 2. The first-order valence-corrected chi connectivity index (χ1v) is 14.5. The summed E-state index contributed by atoms with van der Waals surface area (Å²) in [5.41, 5.74) is 11.2. The summed E-state index contributed by atoms with van der Waals surface area (Å²) in [6.07, 6.45) is 3.51. The normalized spacial score (nSPS) is 14.0. The summed E-state index contributed by atoms with van der Waals surface area (Å²) < 4.78 is 5.95. The number of nitrogens with two attached hydrogens (primary N) is 1. The number of anilines is 1. The zero-order chi connectivity index (χ0) is 30.9. The van der Waals surface area contributed by atoms with Crippen molar-refractivity contribution in [2.45, 2.75) is 21.5 Å². The molecule has 6 nitrogen and oxygen atoms in total. The predicted molar refractivity (Wildman–Crippen MR) is 194 cm³/mol. The van der Waals surface area contributed by atoms with Crippen molar-refractivity contribution in [3.63, 3.8) is 0 Å². The fourth-order valence-electron chi connectivity index (χ4n) is 5.00. The van der Waals surface area contributed by atoms with Crippen molar-refractivity contribution in [3.05, 3.63) is 107 Å². The number of benzene rings is 3. The third-order valence-corrected chi connectivity index (χ3v) is 8.02. The maximum atomic E-state index is 13.4. The van der Waals surface area contributed by atoms with Crippen LogP contribution in [0.1, 0.15) is 38.6 Å². The van der Waals surface area contributed by atoms with Crippen molar-refractivity contribution in [2.75, 3.05) is 11.9 Å². The van der Waals surface area contributed by atoms with Gasteiger partial charge in [0.25, 0.3) is 0 Å². The quantitative estimate of drug-likeness (QED) is 0.165. The summed E-state index contributed by atoms with van der Waals surface area (Å²) >= 11 is 0. The molecule has 3 aromatic carbocycles. The number of fused-ring (bicyclic) bond motifs is 1. The van der Waals surface area contributed by atoms with Gasteiger partial charge in [0.05, 0.1) is 64.0 Å². The summed E-state index contributed by atoms with van der Waals surface area (Å²) in [5.74, 6) is -0.548. The lowest BCUT2D eigenvalue weighted by atomic mass is 9.37. The van der Waals surface area contributed by atoms with E-state index in [4.69, 9.17) is 10.5 Å². The number of rotatable bonds is 9. The van der Waals surface area contributed by atoms with Crippen LogP contribution in [0, 0.1) is 0 Å². The molecule has 0 bridgehead atoms. The number of hydrogen-bond acceptors (Lipinski definition) is 5. The number of nitrogens with one attached hydrogen (secondary N) is 1. The van der Waals surface area contributed by atoms with Gasteiger partial charge in [-0.05, 0) is 40.8 Å². The number of pyridine rings is 1. The Kier molecular flexibility index (Phi) is 8.98. The standard InChI is InChI=1S/C28H35B8N3O3/c29-23(42-24(40)21-8-6-19(27(31,32)33)12-22(21)28(34,35)36)15-1-4-18(5-2-15)26(30,14-37)25(41)39-20-7-3-17-13-38-10-9-16(17)11-20/h1-13,23H,14,29-37H2,(H,39,41). The molecule has 4 aromatic rings. The topological polar surface area (TPSA) is 94.3 Å². The van der Waals surface area contributed by atoms with Crippen molar-refractivity contribution >= 4 is 91.1 Å². The zero-order valence-electron chi connectivity index (χ0n) is 26.0. The van der Waals surface area contributed by atoms with E-state index in [2.05, 4.69) is 63.4 Å². The van der Waals surface area contributed by atoms with Crippen LogP contribution in [-0.2, 0) is 25.1 Å². The van der Waals surface area contributed by atoms with Crippen LogP contribution in [0.3, 0.4) is 0 Å². The number of ether oxygens (including phenoxy) is 1. The second-order valence-corrected chi connectivity index (χ2v) is 13.4. The number of amides is 1. The number of carbonyl (C=O) groups excluding carboxylic acids is 2. The zero-order valence-corrected chi connectivity index (χ0v) is 26.0. The van der Waals surface area contributed by atoms with E-state index >= 15 is 0 Å². The molecule has 1 amide bonds. The van der Waals surface area contributed by atoms with Crippen LogP contribution in [0.4, 0.5) is 5.69 Å². The predicted octanol–water partition coefficient (Wildman–Crippen LogP) is -3.83. The molecule has 14 heteroatoms. The molecule has 0 fully saturated rings. The lowest BCUT2D eigenvalue weighted by Crippen LogP contribution is -2.47. The number of aromatic nitrogens is 1. The SMILES string of the molecule is BC(OC(=O)c1ccc(C(B)(B)B)cc1C(B)(B)B)c1ccc(C(B)(CN)C(=O)Nc2ccc3cnccc3c2)cc1. The third kappa shape index (κ3) is 6.75. The van der Waals surface area contributed by atoms with Crippen LogP contribution in [0.25, 0.3) is 10.8 Å². The second kappa shape index (κ2) is 12.0. The van der Waals surface area contributed by atoms with Gasteiger partial charge in [0.15, 0.2) is 7.85 Å². The Labute approximate surface area is 256 Å². The molecule has 42 heavy (non-hydrogen) atoms. The van der Waals surface area contributed by atoms with Crippen molar-refractivity contribution in [2.24, 2.45) is 5.73 Å². The fraction of sp³-hybridized carbons (Fsp3) is 0.179. The Morgan fingerprint density at radius 1 is 0.833 bits per heavy atom. The minimum atomic E-state index is -0.956. The molecule has 0 aliphatic rings. The molecule has 3 N–H and O–H groups in total. The first-order valence-electron chi connectivity index (χ1n) is 14.5. The summed E-state index contributed by atoms with van der Waals surface area (Å²) in [5, 5.41) is 3.81. The Balaban J connectivity index is 1.51. The first kappa shape index (κ1) is 31.4. The van der Waals surface area contributed by atoms with E-state index in [-0.39, 0.29) is 28.6 Å². The Morgan fingerprint density at radius 3 is 2.12 bits per heavy atom. The monoisotopic (exact) mass is 549 g/mol. The summed E-state index contributed by atoms with van der Waals surface area (Å²) in [7, 11) is 16.5. The molecule has 0 saturated heterocycles.